The van der Waals surface area contributed by atoms with Gasteiger partial charge in [-0.3, -0.25) is 4.79 Å². The molecule has 25 heavy (non-hydrogen) atoms. The van der Waals surface area contributed by atoms with E-state index in [0.29, 0.717) is 18.1 Å². The second-order valence-electron chi connectivity index (χ2n) is 5.48. The third-order valence-corrected chi connectivity index (χ3v) is 5.36. The number of benzene rings is 1. The number of furan rings is 1. The van der Waals surface area contributed by atoms with E-state index in [1.54, 1.807) is 25.1 Å². The molecule has 1 aromatic heterocycles. The smallest absolute Gasteiger partial charge is 0.243 e. The van der Waals surface area contributed by atoms with Gasteiger partial charge in [-0.15, -0.1) is 0 Å². The SMILES string of the molecule is CCOc1ccc(S(=O)(=O)N(C)CC(=O)NCc2ccco2)cc1C. The van der Waals surface area contributed by atoms with Crippen molar-refractivity contribution in [1.29, 1.82) is 0 Å². The molecule has 8 heteroatoms. The van der Waals surface area contributed by atoms with Gasteiger partial charge in [0.15, 0.2) is 0 Å². The molecule has 0 unspecified atom stereocenters. The summed E-state index contributed by atoms with van der Waals surface area (Å²) in [5.41, 5.74) is 0.721. The van der Waals surface area contributed by atoms with Crippen LogP contribution in [0.5, 0.6) is 5.75 Å². The van der Waals surface area contributed by atoms with Crippen LogP contribution in [0.25, 0.3) is 0 Å². The van der Waals surface area contributed by atoms with Crippen molar-refractivity contribution < 1.29 is 22.4 Å². The molecule has 136 valence electrons. The zero-order valence-electron chi connectivity index (χ0n) is 14.5. The summed E-state index contributed by atoms with van der Waals surface area (Å²) in [6.07, 6.45) is 1.51. The molecule has 2 aromatic rings. The Morgan fingerprint density at radius 2 is 2.08 bits per heavy atom. The Morgan fingerprint density at radius 3 is 2.68 bits per heavy atom. The van der Waals surface area contributed by atoms with Crippen molar-refractivity contribution in [3.63, 3.8) is 0 Å². The van der Waals surface area contributed by atoms with E-state index in [1.165, 1.54) is 25.4 Å². The number of ether oxygens (including phenoxy) is 1. The molecule has 0 aliphatic carbocycles. The first-order valence-corrected chi connectivity index (χ1v) is 9.27. The first kappa shape index (κ1) is 19.0. The monoisotopic (exact) mass is 366 g/mol. The van der Waals surface area contributed by atoms with E-state index in [0.717, 1.165) is 9.87 Å². The number of carbonyl (C=O) groups excluding carboxylic acids is 1. The molecule has 1 heterocycles. The number of nitrogens with zero attached hydrogens (tertiary/aromatic N) is 1. The lowest BCUT2D eigenvalue weighted by Crippen LogP contribution is -2.38. The number of hydrogen-bond acceptors (Lipinski definition) is 5. The molecule has 0 bridgehead atoms. The van der Waals surface area contributed by atoms with Crippen LogP contribution in [0.3, 0.4) is 0 Å². The molecule has 2 rings (SSSR count). The maximum Gasteiger partial charge on any atom is 0.243 e. The van der Waals surface area contributed by atoms with Crippen molar-refractivity contribution in [3.8, 4) is 5.75 Å². The fraction of sp³-hybridized carbons (Fsp3) is 0.353. The molecular weight excluding hydrogens is 344 g/mol. The molecule has 0 aliphatic rings. The van der Waals surface area contributed by atoms with Gasteiger partial charge in [0.2, 0.25) is 15.9 Å². The highest BCUT2D eigenvalue weighted by molar-refractivity contribution is 7.89. The molecule has 1 aromatic carbocycles. The van der Waals surface area contributed by atoms with Gasteiger partial charge < -0.3 is 14.5 Å². The van der Waals surface area contributed by atoms with Crippen LogP contribution in [0.15, 0.2) is 45.9 Å². The molecule has 0 radical (unpaired) electrons. The second-order valence-corrected chi connectivity index (χ2v) is 7.52. The van der Waals surface area contributed by atoms with Crippen LogP contribution in [-0.4, -0.2) is 38.8 Å². The van der Waals surface area contributed by atoms with Gasteiger partial charge in [-0.05, 0) is 49.7 Å². The number of likely N-dealkylation sites (N-methyl/N-ethyl adjacent to an activating group) is 1. The summed E-state index contributed by atoms with van der Waals surface area (Å²) in [4.78, 5) is 12.1. The molecule has 0 saturated carbocycles. The molecule has 1 amide bonds. The fourth-order valence-electron chi connectivity index (χ4n) is 2.22. The minimum Gasteiger partial charge on any atom is -0.494 e. The summed E-state index contributed by atoms with van der Waals surface area (Å²) < 4.78 is 36.8. The van der Waals surface area contributed by atoms with Gasteiger partial charge in [0.25, 0.3) is 0 Å². The Bertz CT molecular complexity index is 816. The molecule has 0 aliphatic heterocycles. The molecule has 0 spiro atoms. The Morgan fingerprint density at radius 1 is 1.32 bits per heavy atom. The number of nitrogens with one attached hydrogen (secondary N) is 1. The quantitative estimate of drug-likeness (QED) is 0.771. The Balaban J connectivity index is 2.02. The van der Waals surface area contributed by atoms with Crippen molar-refractivity contribution in [2.24, 2.45) is 0 Å². The Kier molecular flexibility index (Phi) is 6.22. The first-order valence-electron chi connectivity index (χ1n) is 7.83. The summed E-state index contributed by atoms with van der Waals surface area (Å²) in [6, 6.07) is 8.08. The van der Waals surface area contributed by atoms with Gasteiger partial charge in [-0.1, -0.05) is 0 Å². The van der Waals surface area contributed by atoms with E-state index in [-0.39, 0.29) is 18.0 Å². The van der Waals surface area contributed by atoms with Gasteiger partial charge >= 0.3 is 0 Å². The predicted molar refractivity (Wildman–Crippen MR) is 92.7 cm³/mol. The lowest BCUT2D eigenvalue weighted by atomic mass is 10.2. The molecule has 0 atom stereocenters. The van der Waals surface area contributed by atoms with E-state index in [9.17, 15) is 13.2 Å². The van der Waals surface area contributed by atoms with Crippen molar-refractivity contribution in [2.45, 2.75) is 25.3 Å². The lowest BCUT2D eigenvalue weighted by Gasteiger charge is -2.17. The molecule has 0 saturated heterocycles. The van der Waals surface area contributed by atoms with Crippen molar-refractivity contribution >= 4 is 15.9 Å². The van der Waals surface area contributed by atoms with Crippen molar-refractivity contribution in [1.82, 2.24) is 9.62 Å². The minimum absolute atomic E-state index is 0.120. The number of hydrogen-bond donors (Lipinski definition) is 1. The minimum atomic E-state index is -3.77. The summed E-state index contributed by atoms with van der Waals surface area (Å²) in [5, 5.41) is 2.62. The second kappa shape index (κ2) is 8.17. The standard InChI is InChI=1S/C17H22N2O5S/c1-4-23-16-8-7-15(10-13(16)2)25(21,22)19(3)12-17(20)18-11-14-6-5-9-24-14/h5-10H,4,11-12H2,1-3H3,(H,18,20). The molecule has 7 nitrogen and oxygen atoms in total. The first-order chi connectivity index (χ1) is 11.8. The summed E-state index contributed by atoms with van der Waals surface area (Å²) in [6.45, 7) is 4.07. The maximum atomic E-state index is 12.6. The third kappa shape index (κ3) is 4.83. The van der Waals surface area contributed by atoms with E-state index >= 15 is 0 Å². The molecule has 0 fully saturated rings. The normalized spacial score (nSPS) is 11.5. The fourth-order valence-corrected chi connectivity index (χ4v) is 3.43. The molecular formula is C17H22N2O5S. The average Bonchev–Trinajstić information content (AvgIpc) is 3.08. The van der Waals surface area contributed by atoms with Crippen LogP contribution in [0.4, 0.5) is 0 Å². The van der Waals surface area contributed by atoms with Crippen LogP contribution in [0.1, 0.15) is 18.2 Å². The zero-order chi connectivity index (χ0) is 18.4. The van der Waals surface area contributed by atoms with Gasteiger partial charge in [-0.2, -0.15) is 4.31 Å². The topological polar surface area (TPSA) is 88.9 Å². The molecule has 1 N–H and O–H groups in total. The summed E-state index contributed by atoms with van der Waals surface area (Å²) in [7, 11) is -2.40. The Labute approximate surface area is 147 Å². The van der Waals surface area contributed by atoms with Gasteiger partial charge in [0, 0.05) is 7.05 Å². The number of sulfonamides is 1. The van der Waals surface area contributed by atoms with Crippen molar-refractivity contribution in [3.05, 3.63) is 47.9 Å². The number of carbonyl (C=O) groups is 1. The van der Waals surface area contributed by atoms with Crippen LogP contribution >= 0.6 is 0 Å². The van der Waals surface area contributed by atoms with Gasteiger partial charge in [-0.25, -0.2) is 8.42 Å². The van der Waals surface area contributed by atoms with E-state index in [4.69, 9.17) is 9.15 Å². The van der Waals surface area contributed by atoms with Crippen LogP contribution < -0.4 is 10.1 Å². The van der Waals surface area contributed by atoms with Gasteiger partial charge in [0.05, 0.1) is 30.9 Å². The maximum absolute atomic E-state index is 12.6. The highest BCUT2D eigenvalue weighted by Gasteiger charge is 2.23. The number of amides is 1. The third-order valence-electron chi connectivity index (χ3n) is 3.56. The Hall–Kier alpha value is -2.32. The number of aryl methyl sites for hydroxylation is 1. The zero-order valence-corrected chi connectivity index (χ0v) is 15.3. The number of rotatable bonds is 8. The highest BCUT2D eigenvalue weighted by Crippen LogP contribution is 2.23. The predicted octanol–water partition coefficient (Wildman–Crippen LogP) is 1.92. The largest absolute Gasteiger partial charge is 0.494 e. The average molecular weight is 366 g/mol. The van der Waals surface area contributed by atoms with E-state index < -0.39 is 15.9 Å². The van der Waals surface area contributed by atoms with Crippen LogP contribution in [0, 0.1) is 6.92 Å². The van der Waals surface area contributed by atoms with Crippen LogP contribution in [-0.2, 0) is 21.4 Å². The van der Waals surface area contributed by atoms with E-state index in [2.05, 4.69) is 5.32 Å². The van der Waals surface area contributed by atoms with E-state index in [1.807, 2.05) is 6.92 Å². The van der Waals surface area contributed by atoms with Crippen LogP contribution in [0.2, 0.25) is 0 Å². The van der Waals surface area contributed by atoms with Gasteiger partial charge in [0.1, 0.15) is 11.5 Å². The summed E-state index contributed by atoms with van der Waals surface area (Å²) in [5.74, 6) is 0.825. The highest BCUT2D eigenvalue weighted by atomic mass is 32.2. The van der Waals surface area contributed by atoms with Crippen molar-refractivity contribution in [2.75, 3.05) is 20.2 Å². The summed E-state index contributed by atoms with van der Waals surface area (Å²) >= 11 is 0. The lowest BCUT2D eigenvalue weighted by molar-refractivity contribution is -0.121.